The maximum absolute atomic E-state index is 14.9. The molecule has 2 heterocycles. The molecule has 13 heteroatoms. The Morgan fingerprint density at radius 2 is 1.56 bits per heavy atom. The van der Waals surface area contributed by atoms with Crippen molar-refractivity contribution in [3.05, 3.63) is 35.9 Å². The third-order valence-electron chi connectivity index (χ3n) is 7.75. The first-order chi connectivity index (χ1) is 19.9. The minimum absolute atomic E-state index is 0.0455. The average Bonchev–Trinajstić information content (AvgIpc) is 3.73. The number of carbonyl (C=O) groups excluding carboxylic acids is 3. The normalized spacial score (nSPS) is 22.1. The van der Waals surface area contributed by atoms with E-state index in [0.29, 0.717) is 11.5 Å². The van der Waals surface area contributed by atoms with Crippen LogP contribution in [0.3, 0.4) is 0 Å². The highest BCUT2D eigenvalue weighted by Crippen LogP contribution is 2.44. The van der Waals surface area contributed by atoms with Crippen molar-refractivity contribution in [2.75, 3.05) is 27.3 Å². The minimum atomic E-state index is -1.94. The second-order valence-corrected chi connectivity index (χ2v) is 15.0. The molecule has 1 saturated carbocycles. The molecule has 3 amide bonds. The molecule has 1 saturated heterocycles. The van der Waals surface area contributed by atoms with Gasteiger partial charge in [-0.2, -0.15) is 0 Å². The molecule has 2 unspecified atom stereocenters. The first-order valence-corrected chi connectivity index (χ1v) is 15.3. The molecule has 0 aromatic heterocycles. The van der Waals surface area contributed by atoms with Gasteiger partial charge in [0.15, 0.2) is 5.60 Å². The third kappa shape index (κ3) is 7.23. The molecule has 4 rings (SSSR count). The van der Waals surface area contributed by atoms with Crippen molar-refractivity contribution < 1.29 is 33.3 Å². The first kappa shape index (κ1) is 33.3. The van der Waals surface area contributed by atoms with Crippen molar-refractivity contribution in [3.8, 4) is 11.5 Å². The number of nitrogens with zero attached hydrogens (tertiary/aromatic N) is 3. The summed E-state index contributed by atoms with van der Waals surface area (Å²) in [5.74, 6) is 0.858. The molecule has 1 aromatic carbocycles. The minimum Gasteiger partial charge on any atom is -0.497 e. The van der Waals surface area contributed by atoms with Crippen LogP contribution in [0.25, 0.3) is 0 Å². The molecular weight excluding hydrogens is 621 g/mol. The molecule has 1 aliphatic carbocycles. The van der Waals surface area contributed by atoms with Gasteiger partial charge in [-0.25, -0.2) is 9.59 Å². The Kier molecular flexibility index (Phi) is 9.37. The Labute approximate surface area is 268 Å². The second-order valence-electron chi connectivity index (χ2n) is 12.7. The molecule has 3 aliphatic rings. The van der Waals surface area contributed by atoms with E-state index < -0.39 is 38.8 Å². The maximum atomic E-state index is 14.9. The molecule has 1 aromatic rings. The zero-order valence-electron chi connectivity index (χ0n) is 25.6. The number of fused-ring (bicyclic) bond motifs is 2. The van der Waals surface area contributed by atoms with E-state index in [2.05, 4.69) is 0 Å². The summed E-state index contributed by atoms with van der Waals surface area (Å²) < 4.78 is 20.4. The number of carbonyl (C=O) groups is 3. The summed E-state index contributed by atoms with van der Waals surface area (Å²) in [5, 5.41) is 0. The number of alkyl halides is 3. The number of ether oxygens (including phenoxy) is 4. The Morgan fingerprint density at radius 1 is 0.953 bits per heavy atom. The number of methoxy groups -OCH3 is 2. The van der Waals surface area contributed by atoms with E-state index in [1.165, 1.54) is 23.6 Å². The zero-order valence-corrected chi connectivity index (χ0v) is 27.9. The SMILES string of the molecule is COc1cc(CN(C(=O)C23CC=CC(CN(C(=O)OC(C)(C)C)C2)N3C(=O)OC(C)(C)C(Cl)(Cl)Cl)C2CC2)cc(OC)c1. The van der Waals surface area contributed by atoms with Gasteiger partial charge in [-0.15, -0.1) is 0 Å². The van der Waals surface area contributed by atoms with Gasteiger partial charge in [0.2, 0.25) is 3.79 Å². The van der Waals surface area contributed by atoms with Gasteiger partial charge in [-0.1, -0.05) is 47.0 Å². The van der Waals surface area contributed by atoms with E-state index in [-0.39, 0.29) is 38.0 Å². The van der Waals surface area contributed by atoms with Crippen LogP contribution in [0, 0.1) is 0 Å². The molecule has 0 spiro atoms. The van der Waals surface area contributed by atoms with Crippen molar-refractivity contribution in [2.24, 2.45) is 0 Å². The maximum Gasteiger partial charge on any atom is 0.411 e. The van der Waals surface area contributed by atoms with Crippen LogP contribution in [0.2, 0.25) is 0 Å². The zero-order chi connectivity index (χ0) is 32.0. The number of hydrogen-bond acceptors (Lipinski definition) is 7. The molecule has 2 fully saturated rings. The molecule has 0 radical (unpaired) electrons. The summed E-state index contributed by atoms with van der Waals surface area (Å²) in [7, 11) is 3.12. The Balaban J connectivity index is 1.76. The highest BCUT2D eigenvalue weighted by atomic mass is 35.6. The van der Waals surface area contributed by atoms with Crippen LogP contribution in [0.1, 0.15) is 59.4 Å². The Bertz CT molecular complexity index is 1250. The van der Waals surface area contributed by atoms with Crippen LogP contribution in [0.5, 0.6) is 11.5 Å². The van der Waals surface area contributed by atoms with Crippen molar-refractivity contribution in [1.82, 2.24) is 14.7 Å². The number of halogens is 3. The predicted molar refractivity (Wildman–Crippen MR) is 164 cm³/mol. The highest BCUT2D eigenvalue weighted by Gasteiger charge is 2.59. The van der Waals surface area contributed by atoms with Crippen LogP contribution < -0.4 is 9.47 Å². The molecule has 2 atom stereocenters. The lowest BCUT2D eigenvalue weighted by Crippen LogP contribution is -2.75. The van der Waals surface area contributed by atoms with E-state index >= 15 is 0 Å². The fourth-order valence-corrected chi connectivity index (χ4v) is 5.46. The lowest BCUT2D eigenvalue weighted by Gasteiger charge is -2.55. The number of piperazine rings is 1. The number of amides is 3. The molecule has 2 aliphatic heterocycles. The summed E-state index contributed by atoms with van der Waals surface area (Å²) in [5.41, 5.74) is -2.98. The topological polar surface area (TPSA) is 97.9 Å². The smallest absolute Gasteiger partial charge is 0.411 e. The summed E-state index contributed by atoms with van der Waals surface area (Å²) in [6.07, 6.45) is 4.04. The van der Waals surface area contributed by atoms with E-state index in [1.807, 2.05) is 18.2 Å². The van der Waals surface area contributed by atoms with Crippen molar-refractivity contribution in [1.29, 1.82) is 0 Å². The first-order valence-electron chi connectivity index (χ1n) is 14.2. The van der Waals surface area contributed by atoms with Crippen LogP contribution in [0.4, 0.5) is 9.59 Å². The van der Waals surface area contributed by atoms with Crippen LogP contribution in [-0.4, -0.2) is 92.7 Å². The van der Waals surface area contributed by atoms with Crippen molar-refractivity contribution in [2.45, 2.75) is 93.0 Å². The lowest BCUT2D eigenvalue weighted by molar-refractivity contribution is -0.153. The Hall–Kier alpha value is -2.56. The van der Waals surface area contributed by atoms with E-state index in [4.69, 9.17) is 53.8 Å². The third-order valence-corrected chi connectivity index (χ3v) is 9.12. The molecule has 43 heavy (non-hydrogen) atoms. The summed E-state index contributed by atoms with van der Waals surface area (Å²) in [4.78, 5) is 46.9. The van der Waals surface area contributed by atoms with Gasteiger partial charge >= 0.3 is 12.2 Å². The molecule has 0 N–H and O–H groups in total. The Morgan fingerprint density at radius 3 is 2.07 bits per heavy atom. The average molecular weight is 661 g/mol. The van der Waals surface area contributed by atoms with Crippen molar-refractivity contribution >= 4 is 52.9 Å². The van der Waals surface area contributed by atoms with Crippen LogP contribution in [-0.2, 0) is 20.8 Å². The van der Waals surface area contributed by atoms with Gasteiger partial charge in [-0.3, -0.25) is 9.69 Å². The molecule has 10 nitrogen and oxygen atoms in total. The summed E-state index contributed by atoms with van der Waals surface area (Å²) >= 11 is 18.4. The van der Waals surface area contributed by atoms with E-state index in [1.54, 1.807) is 52.0 Å². The molecule has 238 valence electrons. The largest absolute Gasteiger partial charge is 0.497 e. The van der Waals surface area contributed by atoms with Crippen LogP contribution in [0.15, 0.2) is 30.4 Å². The van der Waals surface area contributed by atoms with E-state index in [9.17, 15) is 14.4 Å². The van der Waals surface area contributed by atoms with Gasteiger partial charge in [0.25, 0.3) is 5.91 Å². The number of benzene rings is 1. The number of rotatable bonds is 7. The fraction of sp³-hybridized carbons (Fsp3) is 0.633. The monoisotopic (exact) mass is 659 g/mol. The standard InChI is InChI=1S/C30H40Cl3N3O7/c1-27(2,3)42-25(38)34-17-21-9-8-12-29(18-34,36(21)26(39)43-28(4,5)30(31,32)33)24(37)35(20-10-11-20)16-19-13-22(40-6)15-23(14-19)41-7/h8-9,13-15,20-21H,10-12,16-18H2,1-7H3. The summed E-state index contributed by atoms with van der Waals surface area (Å²) in [6, 6.07) is 4.71. The molecule has 2 bridgehead atoms. The van der Waals surface area contributed by atoms with Gasteiger partial charge in [0, 0.05) is 25.2 Å². The highest BCUT2D eigenvalue weighted by molar-refractivity contribution is 6.68. The van der Waals surface area contributed by atoms with Gasteiger partial charge in [-0.05, 0) is 71.6 Å². The quantitative estimate of drug-likeness (QED) is 0.258. The van der Waals surface area contributed by atoms with E-state index in [0.717, 1.165) is 18.4 Å². The van der Waals surface area contributed by atoms with Crippen molar-refractivity contribution in [3.63, 3.8) is 0 Å². The fourth-order valence-electron chi connectivity index (χ4n) is 5.34. The van der Waals surface area contributed by atoms with Gasteiger partial charge in [0.05, 0.1) is 26.8 Å². The van der Waals surface area contributed by atoms with Gasteiger partial charge < -0.3 is 28.7 Å². The van der Waals surface area contributed by atoms with Crippen LogP contribution >= 0.6 is 34.8 Å². The predicted octanol–water partition coefficient (Wildman–Crippen LogP) is 6.10. The van der Waals surface area contributed by atoms with Gasteiger partial charge in [0.1, 0.15) is 22.6 Å². The second kappa shape index (κ2) is 12.1. The lowest BCUT2D eigenvalue weighted by atomic mass is 9.82. The summed E-state index contributed by atoms with van der Waals surface area (Å²) in [6.45, 7) is 8.53. The molecular formula is C30H40Cl3N3O7. The number of hydrogen-bond donors (Lipinski definition) is 0.